The van der Waals surface area contributed by atoms with Gasteiger partial charge < -0.3 is 4.98 Å². The summed E-state index contributed by atoms with van der Waals surface area (Å²) in [6, 6.07) is 0. The van der Waals surface area contributed by atoms with Crippen molar-refractivity contribution >= 4 is 11.8 Å². The number of rotatable bonds is 4. The largest absolute Gasteiger partial charge is 0.310 e. The molecule has 0 spiro atoms. The summed E-state index contributed by atoms with van der Waals surface area (Å²) in [5.74, 6) is 1.78. The SMILES string of the molecule is Cc1nc(CSC(C)C)[nH]c(=O)c1C(C)C. The van der Waals surface area contributed by atoms with E-state index < -0.39 is 0 Å². The molecule has 1 aromatic heterocycles. The number of aromatic amines is 1. The summed E-state index contributed by atoms with van der Waals surface area (Å²) in [5.41, 5.74) is 1.68. The van der Waals surface area contributed by atoms with E-state index in [1.165, 1.54) is 0 Å². The molecule has 0 unspecified atom stereocenters. The molecular weight excluding hydrogens is 220 g/mol. The average Bonchev–Trinajstić information content (AvgIpc) is 2.12. The molecule has 0 bridgehead atoms. The molecule has 0 saturated heterocycles. The zero-order valence-electron chi connectivity index (χ0n) is 10.6. The van der Waals surface area contributed by atoms with Gasteiger partial charge in [0.05, 0.1) is 5.75 Å². The molecule has 1 N–H and O–H groups in total. The predicted molar refractivity (Wildman–Crippen MR) is 70.1 cm³/mol. The number of hydrogen-bond acceptors (Lipinski definition) is 3. The van der Waals surface area contributed by atoms with Crippen molar-refractivity contribution in [3.05, 3.63) is 27.4 Å². The van der Waals surface area contributed by atoms with E-state index in [1.807, 2.05) is 20.8 Å². The van der Waals surface area contributed by atoms with Gasteiger partial charge >= 0.3 is 0 Å². The molecule has 0 atom stereocenters. The first-order chi connectivity index (χ1) is 7.41. The Labute approximate surface area is 101 Å². The van der Waals surface area contributed by atoms with Crippen LogP contribution in [0, 0.1) is 6.92 Å². The van der Waals surface area contributed by atoms with Gasteiger partial charge in [-0.2, -0.15) is 11.8 Å². The van der Waals surface area contributed by atoms with E-state index in [0.717, 1.165) is 22.8 Å². The Morgan fingerprint density at radius 1 is 1.31 bits per heavy atom. The number of aryl methyl sites for hydroxylation is 1. The van der Waals surface area contributed by atoms with Crippen molar-refractivity contribution in [2.45, 2.75) is 51.5 Å². The standard InChI is InChI=1S/C12H20N2OS/c1-7(2)11-9(5)13-10(14-12(11)15)6-16-8(3)4/h7-8H,6H2,1-5H3,(H,13,14,15). The van der Waals surface area contributed by atoms with Crippen LogP contribution in [-0.2, 0) is 5.75 Å². The lowest BCUT2D eigenvalue weighted by Crippen LogP contribution is -2.19. The fourth-order valence-corrected chi connectivity index (χ4v) is 2.28. The van der Waals surface area contributed by atoms with E-state index in [1.54, 1.807) is 11.8 Å². The summed E-state index contributed by atoms with van der Waals surface area (Å²) in [7, 11) is 0. The summed E-state index contributed by atoms with van der Waals surface area (Å²) in [6.07, 6.45) is 0. The van der Waals surface area contributed by atoms with Crippen molar-refractivity contribution in [3.63, 3.8) is 0 Å². The zero-order chi connectivity index (χ0) is 12.3. The highest BCUT2D eigenvalue weighted by atomic mass is 32.2. The second-order valence-electron chi connectivity index (χ2n) is 4.53. The Hall–Kier alpha value is -0.770. The second kappa shape index (κ2) is 5.53. The predicted octanol–water partition coefficient (Wildman–Crippen LogP) is 2.84. The molecular formula is C12H20N2OS. The smallest absolute Gasteiger partial charge is 0.254 e. The number of nitrogens with zero attached hydrogens (tertiary/aromatic N) is 1. The number of hydrogen-bond donors (Lipinski definition) is 1. The lowest BCUT2D eigenvalue weighted by atomic mass is 10.0. The first kappa shape index (κ1) is 13.3. The molecule has 0 fully saturated rings. The first-order valence-electron chi connectivity index (χ1n) is 5.63. The lowest BCUT2D eigenvalue weighted by molar-refractivity contribution is 0.798. The normalized spacial score (nSPS) is 11.4. The fraction of sp³-hybridized carbons (Fsp3) is 0.667. The summed E-state index contributed by atoms with van der Waals surface area (Å²) in [4.78, 5) is 19.2. The van der Waals surface area contributed by atoms with Gasteiger partial charge in [-0.25, -0.2) is 4.98 Å². The highest BCUT2D eigenvalue weighted by Crippen LogP contribution is 2.16. The van der Waals surface area contributed by atoms with Crippen molar-refractivity contribution in [1.82, 2.24) is 9.97 Å². The van der Waals surface area contributed by atoms with Crippen LogP contribution >= 0.6 is 11.8 Å². The molecule has 1 aromatic rings. The van der Waals surface area contributed by atoms with Gasteiger partial charge in [0.2, 0.25) is 0 Å². The fourth-order valence-electron chi connectivity index (χ4n) is 1.65. The highest BCUT2D eigenvalue weighted by molar-refractivity contribution is 7.99. The van der Waals surface area contributed by atoms with Crippen molar-refractivity contribution in [1.29, 1.82) is 0 Å². The van der Waals surface area contributed by atoms with Crippen LogP contribution < -0.4 is 5.56 Å². The van der Waals surface area contributed by atoms with Crippen LogP contribution in [0.5, 0.6) is 0 Å². The molecule has 4 heteroatoms. The van der Waals surface area contributed by atoms with Gasteiger partial charge in [-0.1, -0.05) is 27.7 Å². The Kier molecular flexibility index (Phi) is 4.59. The number of H-pyrrole nitrogens is 1. The first-order valence-corrected chi connectivity index (χ1v) is 6.68. The van der Waals surface area contributed by atoms with Crippen molar-refractivity contribution in [2.75, 3.05) is 0 Å². The minimum absolute atomic E-state index is 0.0156. The van der Waals surface area contributed by atoms with Gasteiger partial charge in [-0.15, -0.1) is 0 Å². The molecule has 16 heavy (non-hydrogen) atoms. The maximum Gasteiger partial charge on any atom is 0.254 e. The highest BCUT2D eigenvalue weighted by Gasteiger charge is 2.11. The van der Waals surface area contributed by atoms with E-state index in [4.69, 9.17) is 0 Å². The van der Waals surface area contributed by atoms with E-state index in [9.17, 15) is 4.79 Å². The quantitative estimate of drug-likeness (QED) is 0.880. The van der Waals surface area contributed by atoms with Crippen molar-refractivity contribution in [2.24, 2.45) is 0 Å². The minimum atomic E-state index is 0.0156. The lowest BCUT2D eigenvalue weighted by Gasteiger charge is -2.10. The Morgan fingerprint density at radius 3 is 2.38 bits per heavy atom. The summed E-state index contributed by atoms with van der Waals surface area (Å²) < 4.78 is 0. The molecule has 0 aromatic carbocycles. The monoisotopic (exact) mass is 240 g/mol. The number of thioether (sulfide) groups is 1. The molecule has 0 radical (unpaired) electrons. The Morgan fingerprint density at radius 2 is 1.94 bits per heavy atom. The zero-order valence-corrected chi connectivity index (χ0v) is 11.4. The number of nitrogens with one attached hydrogen (secondary N) is 1. The minimum Gasteiger partial charge on any atom is -0.310 e. The maximum absolute atomic E-state index is 11.8. The molecule has 0 aliphatic rings. The molecule has 1 rings (SSSR count). The van der Waals surface area contributed by atoms with Crippen LogP contribution in [0.3, 0.4) is 0 Å². The maximum atomic E-state index is 11.8. The summed E-state index contributed by atoms with van der Waals surface area (Å²) in [6.45, 7) is 10.2. The molecule has 0 aliphatic carbocycles. The van der Waals surface area contributed by atoms with E-state index in [2.05, 4.69) is 23.8 Å². The van der Waals surface area contributed by atoms with Gasteiger partial charge in [0, 0.05) is 11.3 Å². The van der Waals surface area contributed by atoms with Crippen LogP contribution in [0.2, 0.25) is 0 Å². The van der Waals surface area contributed by atoms with Crippen molar-refractivity contribution < 1.29 is 0 Å². The molecule has 0 amide bonds. The van der Waals surface area contributed by atoms with Crippen LogP contribution in [0.15, 0.2) is 4.79 Å². The third-order valence-electron chi connectivity index (χ3n) is 2.33. The van der Waals surface area contributed by atoms with Crippen LogP contribution in [0.25, 0.3) is 0 Å². The average molecular weight is 240 g/mol. The Bertz CT molecular complexity index is 410. The van der Waals surface area contributed by atoms with Gasteiger partial charge in [-0.05, 0) is 18.1 Å². The molecule has 0 saturated carbocycles. The van der Waals surface area contributed by atoms with E-state index >= 15 is 0 Å². The van der Waals surface area contributed by atoms with Gasteiger partial charge in [-0.3, -0.25) is 4.79 Å². The van der Waals surface area contributed by atoms with Crippen LogP contribution in [0.4, 0.5) is 0 Å². The molecule has 90 valence electrons. The molecule has 3 nitrogen and oxygen atoms in total. The second-order valence-corrected chi connectivity index (χ2v) is 6.09. The van der Waals surface area contributed by atoms with Crippen LogP contribution in [0.1, 0.15) is 50.7 Å². The van der Waals surface area contributed by atoms with Gasteiger partial charge in [0.15, 0.2) is 0 Å². The summed E-state index contributed by atoms with van der Waals surface area (Å²) >= 11 is 1.78. The van der Waals surface area contributed by atoms with Crippen molar-refractivity contribution in [3.8, 4) is 0 Å². The molecule has 1 heterocycles. The number of aromatic nitrogens is 2. The topological polar surface area (TPSA) is 45.8 Å². The Balaban J connectivity index is 2.96. The summed E-state index contributed by atoms with van der Waals surface area (Å²) in [5, 5.41) is 0.551. The van der Waals surface area contributed by atoms with Crippen LogP contribution in [-0.4, -0.2) is 15.2 Å². The third kappa shape index (κ3) is 3.37. The molecule has 0 aliphatic heterocycles. The van der Waals surface area contributed by atoms with E-state index in [-0.39, 0.29) is 11.5 Å². The third-order valence-corrected chi connectivity index (χ3v) is 3.43. The van der Waals surface area contributed by atoms with Gasteiger partial charge in [0.25, 0.3) is 5.56 Å². The van der Waals surface area contributed by atoms with Gasteiger partial charge in [0.1, 0.15) is 5.82 Å². The van der Waals surface area contributed by atoms with E-state index in [0.29, 0.717) is 5.25 Å².